The summed E-state index contributed by atoms with van der Waals surface area (Å²) in [5.74, 6) is 0.212. The number of hydrogen-bond donors (Lipinski definition) is 0. The maximum absolute atomic E-state index is 12.5. The fourth-order valence-corrected chi connectivity index (χ4v) is 4.00. The average molecular weight is 393 g/mol. The van der Waals surface area contributed by atoms with Crippen molar-refractivity contribution in [3.05, 3.63) is 48.0 Å². The number of sulfonamides is 1. The van der Waals surface area contributed by atoms with Gasteiger partial charge in [0.1, 0.15) is 0 Å². The van der Waals surface area contributed by atoms with Crippen LogP contribution in [0.1, 0.15) is 24.2 Å². The van der Waals surface area contributed by atoms with E-state index in [4.69, 9.17) is 14.2 Å². The molecule has 0 aromatic heterocycles. The van der Waals surface area contributed by atoms with Crippen molar-refractivity contribution < 1.29 is 27.4 Å². The summed E-state index contributed by atoms with van der Waals surface area (Å²) in [6, 6.07) is 10.6. The lowest BCUT2D eigenvalue weighted by molar-refractivity contribution is 0.0724. The quantitative estimate of drug-likeness (QED) is 0.507. The summed E-state index contributed by atoms with van der Waals surface area (Å²) in [6.07, 6.45) is 0. The molecule has 0 saturated carbocycles. The maximum atomic E-state index is 12.5. The highest BCUT2D eigenvalue weighted by Crippen LogP contribution is 2.37. The van der Waals surface area contributed by atoms with Crippen LogP contribution in [-0.2, 0) is 10.0 Å². The second-order valence-corrected chi connectivity index (χ2v) is 7.43. The second kappa shape index (κ2) is 8.88. The van der Waals surface area contributed by atoms with E-state index < -0.39 is 16.0 Å². The second-order valence-electron chi connectivity index (χ2n) is 5.49. The van der Waals surface area contributed by atoms with Crippen molar-refractivity contribution in [1.82, 2.24) is 4.31 Å². The van der Waals surface area contributed by atoms with Crippen molar-refractivity contribution in [2.45, 2.75) is 18.7 Å². The topological polar surface area (TPSA) is 82.1 Å². The molecule has 0 bridgehead atoms. The zero-order valence-corrected chi connectivity index (χ0v) is 16.6. The molecule has 8 heteroatoms. The summed E-state index contributed by atoms with van der Waals surface area (Å²) in [7, 11) is -0.668. The van der Waals surface area contributed by atoms with Gasteiger partial charge in [-0.3, -0.25) is 0 Å². The van der Waals surface area contributed by atoms with E-state index >= 15 is 0 Å². The number of hydrogen-bond acceptors (Lipinski definition) is 6. The summed E-state index contributed by atoms with van der Waals surface area (Å²) in [6.45, 7) is 4.29. The lowest BCUT2D eigenvalue weighted by Gasteiger charge is -2.18. The molecule has 0 fully saturated rings. The van der Waals surface area contributed by atoms with Gasteiger partial charge in [-0.15, -0.1) is 0 Å². The van der Waals surface area contributed by atoms with Crippen LogP contribution in [-0.4, -0.2) is 46.0 Å². The Labute approximate surface area is 159 Å². The molecule has 2 aromatic rings. The van der Waals surface area contributed by atoms with Gasteiger partial charge in [0.15, 0.2) is 11.5 Å². The Balaban J connectivity index is 2.27. The molecular weight excluding hydrogens is 370 g/mol. The van der Waals surface area contributed by atoms with E-state index in [0.29, 0.717) is 24.6 Å². The van der Waals surface area contributed by atoms with E-state index in [-0.39, 0.29) is 16.2 Å². The van der Waals surface area contributed by atoms with Gasteiger partial charge >= 0.3 is 5.97 Å². The van der Waals surface area contributed by atoms with Crippen molar-refractivity contribution in [2.75, 3.05) is 27.3 Å². The lowest BCUT2D eigenvalue weighted by atomic mass is 10.2. The van der Waals surface area contributed by atoms with Crippen LogP contribution in [0.4, 0.5) is 0 Å². The summed E-state index contributed by atoms with van der Waals surface area (Å²) < 4.78 is 42.2. The van der Waals surface area contributed by atoms with Crippen molar-refractivity contribution in [3.8, 4) is 17.2 Å². The number of carbonyl (C=O) groups is 1. The largest absolute Gasteiger partial charge is 0.493 e. The molecule has 7 nitrogen and oxygen atoms in total. The van der Waals surface area contributed by atoms with E-state index in [0.717, 1.165) is 0 Å². The molecular formula is C19H23NO6S. The number of para-hydroxylation sites is 1. The van der Waals surface area contributed by atoms with E-state index in [1.54, 1.807) is 32.0 Å². The smallest absolute Gasteiger partial charge is 0.343 e. The van der Waals surface area contributed by atoms with Crippen LogP contribution in [0.3, 0.4) is 0 Å². The molecule has 0 saturated heterocycles. The Morgan fingerprint density at radius 2 is 1.44 bits per heavy atom. The predicted octanol–water partition coefficient (Wildman–Crippen LogP) is 2.95. The van der Waals surface area contributed by atoms with Crippen molar-refractivity contribution in [2.24, 2.45) is 0 Å². The first kappa shape index (κ1) is 20.7. The van der Waals surface area contributed by atoms with Gasteiger partial charge in [-0.25, -0.2) is 13.2 Å². The average Bonchev–Trinajstić information content (AvgIpc) is 2.68. The number of rotatable bonds is 8. The van der Waals surface area contributed by atoms with Crippen LogP contribution in [0.25, 0.3) is 0 Å². The van der Waals surface area contributed by atoms with Crippen LogP contribution < -0.4 is 14.2 Å². The highest BCUT2D eigenvalue weighted by atomic mass is 32.2. The Morgan fingerprint density at radius 3 is 1.89 bits per heavy atom. The number of methoxy groups -OCH3 is 2. The molecule has 0 spiro atoms. The molecule has 0 heterocycles. The van der Waals surface area contributed by atoms with Crippen LogP contribution in [0.15, 0.2) is 47.4 Å². The van der Waals surface area contributed by atoms with Crippen LogP contribution in [0.5, 0.6) is 17.2 Å². The molecule has 0 atom stereocenters. The summed E-state index contributed by atoms with van der Waals surface area (Å²) in [5, 5.41) is 0. The molecule has 0 aliphatic heterocycles. The molecule has 0 amide bonds. The minimum Gasteiger partial charge on any atom is -0.493 e. The van der Waals surface area contributed by atoms with Gasteiger partial charge in [0.05, 0.1) is 24.7 Å². The zero-order chi connectivity index (χ0) is 20.0. The Kier molecular flexibility index (Phi) is 6.81. The molecule has 0 radical (unpaired) electrons. The number of ether oxygens (including phenoxy) is 3. The van der Waals surface area contributed by atoms with Gasteiger partial charge in [-0.05, 0) is 36.4 Å². The van der Waals surface area contributed by atoms with E-state index in [2.05, 4.69) is 0 Å². The molecule has 0 unspecified atom stereocenters. The van der Waals surface area contributed by atoms with Crippen LogP contribution >= 0.6 is 0 Å². The third-order valence-electron chi connectivity index (χ3n) is 4.01. The fraction of sp³-hybridized carbons (Fsp3) is 0.316. The maximum Gasteiger partial charge on any atom is 0.343 e. The predicted molar refractivity (Wildman–Crippen MR) is 101 cm³/mol. The van der Waals surface area contributed by atoms with Gasteiger partial charge in [0.2, 0.25) is 15.8 Å². The first-order valence-corrected chi connectivity index (χ1v) is 9.86. The fourth-order valence-electron chi connectivity index (χ4n) is 2.54. The Morgan fingerprint density at radius 1 is 0.926 bits per heavy atom. The van der Waals surface area contributed by atoms with Crippen LogP contribution in [0, 0.1) is 0 Å². The van der Waals surface area contributed by atoms with E-state index in [9.17, 15) is 13.2 Å². The highest BCUT2D eigenvalue weighted by molar-refractivity contribution is 7.89. The first-order chi connectivity index (χ1) is 12.9. The van der Waals surface area contributed by atoms with E-state index in [1.165, 1.54) is 42.8 Å². The summed E-state index contributed by atoms with van der Waals surface area (Å²) >= 11 is 0. The number of nitrogens with zero attached hydrogens (tertiary/aromatic N) is 1. The number of carbonyl (C=O) groups excluding carboxylic acids is 1. The molecule has 0 aliphatic rings. The molecule has 0 N–H and O–H groups in total. The van der Waals surface area contributed by atoms with Crippen molar-refractivity contribution in [3.63, 3.8) is 0 Å². The standard InChI is InChI=1S/C19H23NO6S/c1-5-20(6-2)27(22,23)15-12-10-14(11-13-15)19(21)26-18-16(24-3)8-7-9-17(18)25-4/h7-13H,5-6H2,1-4H3. The first-order valence-electron chi connectivity index (χ1n) is 8.42. The molecule has 27 heavy (non-hydrogen) atoms. The van der Waals surface area contributed by atoms with Crippen LogP contribution in [0.2, 0.25) is 0 Å². The SMILES string of the molecule is CCN(CC)S(=O)(=O)c1ccc(C(=O)Oc2c(OC)cccc2OC)cc1. The van der Waals surface area contributed by atoms with Crippen molar-refractivity contribution >= 4 is 16.0 Å². The normalized spacial score (nSPS) is 11.3. The lowest BCUT2D eigenvalue weighted by Crippen LogP contribution is -2.30. The Hall–Kier alpha value is -2.58. The Bertz CT molecular complexity index is 867. The number of benzene rings is 2. The monoisotopic (exact) mass is 393 g/mol. The zero-order valence-electron chi connectivity index (χ0n) is 15.8. The third kappa shape index (κ3) is 4.40. The van der Waals surface area contributed by atoms with E-state index in [1.807, 2.05) is 0 Å². The van der Waals surface area contributed by atoms with Gasteiger partial charge in [-0.1, -0.05) is 19.9 Å². The molecule has 2 rings (SSSR count). The molecule has 0 aliphatic carbocycles. The molecule has 146 valence electrons. The van der Waals surface area contributed by atoms with Crippen molar-refractivity contribution in [1.29, 1.82) is 0 Å². The van der Waals surface area contributed by atoms with Gasteiger partial charge in [0, 0.05) is 13.1 Å². The summed E-state index contributed by atoms with van der Waals surface area (Å²) in [4.78, 5) is 12.6. The summed E-state index contributed by atoms with van der Waals surface area (Å²) in [5.41, 5.74) is 0.210. The minimum atomic E-state index is -3.58. The van der Waals surface area contributed by atoms with Gasteiger partial charge < -0.3 is 14.2 Å². The highest BCUT2D eigenvalue weighted by Gasteiger charge is 2.22. The minimum absolute atomic E-state index is 0.123. The van der Waals surface area contributed by atoms with Gasteiger partial charge in [-0.2, -0.15) is 4.31 Å². The third-order valence-corrected chi connectivity index (χ3v) is 6.07. The number of esters is 1. The van der Waals surface area contributed by atoms with Gasteiger partial charge in [0.25, 0.3) is 0 Å². The molecule has 2 aromatic carbocycles.